The summed E-state index contributed by atoms with van der Waals surface area (Å²) in [4.78, 5) is 11.8. The molecule has 17 heavy (non-hydrogen) atoms. The molecule has 0 radical (unpaired) electrons. The Kier molecular flexibility index (Phi) is 4.57. The maximum Gasteiger partial charge on any atom is 0.309 e. The number of ether oxygens (including phenoxy) is 1. The first-order valence-electron chi connectivity index (χ1n) is 5.87. The molecule has 1 aliphatic heterocycles. The summed E-state index contributed by atoms with van der Waals surface area (Å²) in [5.74, 6) is 0.00915. The molecule has 1 fully saturated rings. The van der Waals surface area contributed by atoms with Crippen LogP contribution in [-0.4, -0.2) is 19.1 Å². The van der Waals surface area contributed by atoms with Crippen molar-refractivity contribution in [2.45, 2.75) is 19.4 Å². The third kappa shape index (κ3) is 3.82. The van der Waals surface area contributed by atoms with Gasteiger partial charge in [0.05, 0.1) is 5.92 Å². The largest absolute Gasteiger partial charge is 0.461 e. The predicted molar refractivity (Wildman–Crippen MR) is 69.5 cm³/mol. The molecule has 0 amide bonds. The van der Waals surface area contributed by atoms with E-state index in [1.165, 1.54) is 0 Å². The van der Waals surface area contributed by atoms with Gasteiger partial charge in [-0.25, -0.2) is 0 Å². The zero-order chi connectivity index (χ0) is 12.1. The molecule has 4 heteroatoms. The van der Waals surface area contributed by atoms with Gasteiger partial charge in [-0.05, 0) is 43.6 Å². The van der Waals surface area contributed by atoms with Crippen LogP contribution < -0.4 is 5.32 Å². The van der Waals surface area contributed by atoms with Crippen molar-refractivity contribution in [3.63, 3.8) is 0 Å². The number of carbonyl (C=O) groups is 1. The minimum Gasteiger partial charge on any atom is -0.461 e. The van der Waals surface area contributed by atoms with Crippen LogP contribution in [0, 0.1) is 5.92 Å². The van der Waals surface area contributed by atoms with Gasteiger partial charge in [0.15, 0.2) is 0 Å². The molecular weight excluding hydrogens is 282 g/mol. The second kappa shape index (κ2) is 6.17. The summed E-state index contributed by atoms with van der Waals surface area (Å²) in [5, 5.41) is 3.24. The van der Waals surface area contributed by atoms with Crippen LogP contribution in [-0.2, 0) is 16.1 Å². The Hall–Kier alpha value is -0.870. The summed E-state index contributed by atoms with van der Waals surface area (Å²) in [6, 6.07) is 7.83. The van der Waals surface area contributed by atoms with Crippen molar-refractivity contribution in [2.24, 2.45) is 5.92 Å². The normalized spacial score (nSPS) is 16.8. The highest BCUT2D eigenvalue weighted by atomic mass is 79.9. The maximum absolute atomic E-state index is 11.8. The first-order valence-corrected chi connectivity index (χ1v) is 6.67. The minimum absolute atomic E-state index is 0.0634. The lowest BCUT2D eigenvalue weighted by molar-refractivity contribution is -0.150. The number of piperidine rings is 1. The molecule has 0 aromatic heterocycles. The van der Waals surface area contributed by atoms with Gasteiger partial charge in [-0.2, -0.15) is 0 Å². The Bertz CT molecular complexity index is 389. The third-order valence-electron chi connectivity index (χ3n) is 2.94. The third-order valence-corrected chi connectivity index (χ3v) is 3.44. The van der Waals surface area contributed by atoms with E-state index in [0.717, 1.165) is 36.0 Å². The fourth-order valence-electron chi connectivity index (χ4n) is 1.96. The molecular formula is C13H16BrNO2. The number of hydrogen-bond acceptors (Lipinski definition) is 3. The van der Waals surface area contributed by atoms with Crippen molar-refractivity contribution >= 4 is 21.9 Å². The molecule has 0 bridgehead atoms. The monoisotopic (exact) mass is 297 g/mol. The predicted octanol–water partition coefficient (Wildman–Crippen LogP) is 2.49. The molecule has 3 nitrogen and oxygen atoms in total. The Labute approximate surface area is 110 Å². The lowest BCUT2D eigenvalue weighted by Gasteiger charge is -2.20. The lowest BCUT2D eigenvalue weighted by atomic mass is 9.98. The summed E-state index contributed by atoms with van der Waals surface area (Å²) in [6.45, 7) is 2.19. The van der Waals surface area contributed by atoms with Gasteiger partial charge in [0.1, 0.15) is 6.61 Å². The van der Waals surface area contributed by atoms with E-state index in [2.05, 4.69) is 21.2 Å². The van der Waals surface area contributed by atoms with Crippen molar-refractivity contribution < 1.29 is 9.53 Å². The Morgan fingerprint density at radius 1 is 1.41 bits per heavy atom. The number of halogens is 1. The quantitative estimate of drug-likeness (QED) is 0.871. The van der Waals surface area contributed by atoms with Gasteiger partial charge < -0.3 is 10.1 Å². The van der Waals surface area contributed by atoms with E-state index in [0.29, 0.717) is 6.61 Å². The fraction of sp³-hybridized carbons (Fsp3) is 0.462. The Morgan fingerprint density at radius 3 is 2.88 bits per heavy atom. The molecule has 92 valence electrons. The molecule has 1 N–H and O–H groups in total. The second-order valence-corrected chi connectivity index (χ2v) is 5.18. The number of esters is 1. The van der Waals surface area contributed by atoms with E-state index in [4.69, 9.17) is 4.74 Å². The van der Waals surface area contributed by atoms with E-state index in [1.807, 2.05) is 24.3 Å². The molecule has 1 heterocycles. The first kappa shape index (κ1) is 12.6. The van der Waals surface area contributed by atoms with Crippen LogP contribution >= 0.6 is 15.9 Å². The van der Waals surface area contributed by atoms with E-state index in [1.54, 1.807) is 0 Å². The molecule has 2 rings (SSSR count). The summed E-state index contributed by atoms with van der Waals surface area (Å²) in [6.07, 6.45) is 1.77. The average molecular weight is 298 g/mol. The van der Waals surface area contributed by atoms with E-state index < -0.39 is 0 Å². The van der Waals surface area contributed by atoms with Crippen molar-refractivity contribution in [3.8, 4) is 0 Å². The molecule has 0 unspecified atom stereocenters. The molecule has 0 saturated carbocycles. The summed E-state index contributed by atoms with van der Waals surface area (Å²) in [7, 11) is 0. The van der Waals surface area contributed by atoms with Gasteiger partial charge in [-0.1, -0.05) is 28.1 Å². The second-order valence-electron chi connectivity index (χ2n) is 4.26. The standard InChI is InChI=1S/C13H16BrNO2/c14-12-3-1-2-10(8-12)9-17-13(16)11-4-6-15-7-5-11/h1-3,8,11,15H,4-7,9H2. The number of rotatable bonds is 3. The molecule has 1 aromatic rings. The van der Waals surface area contributed by atoms with Crippen molar-refractivity contribution in [3.05, 3.63) is 34.3 Å². The average Bonchev–Trinajstić information content (AvgIpc) is 2.37. The lowest BCUT2D eigenvalue weighted by Crippen LogP contribution is -2.32. The molecule has 0 atom stereocenters. The highest BCUT2D eigenvalue weighted by molar-refractivity contribution is 9.10. The summed E-state index contributed by atoms with van der Waals surface area (Å²) >= 11 is 3.40. The van der Waals surface area contributed by atoms with Crippen LogP contribution in [0.15, 0.2) is 28.7 Å². The number of benzene rings is 1. The highest BCUT2D eigenvalue weighted by Gasteiger charge is 2.22. The van der Waals surface area contributed by atoms with Crippen LogP contribution in [0.1, 0.15) is 18.4 Å². The Morgan fingerprint density at radius 2 is 2.18 bits per heavy atom. The molecule has 0 spiro atoms. The molecule has 0 aliphatic carbocycles. The topological polar surface area (TPSA) is 38.3 Å². The zero-order valence-corrected chi connectivity index (χ0v) is 11.2. The van der Waals surface area contributed by atoms with Crippen molar-refractivity contribution in [1.29, 1.82) is 0 Å². The fourth-order valence-corrected chi connectivity index (χ4v) is 2.40. The van der Waals surface area contributed by atoms with Gasteiger partial charge in [0.25, 0.3) is 0 Å². The van der Waals surface area contributed by atoms with Gasteiger partial charge >= 0.3 is 5.97 Å². The van der Waals surface area contributed by atoms with Crippen LogP contribution in [0.5, 0.6) is 0 Å². The van der Waals surface area contributed by atoms with Crippen LogP contribution in [0.4, 0.5) is 0 Å². The van der Waals surface area contributed by atoms with Crippen LogP contribution in [0.25, 0.3) is 0 Å². The maximum atomic E-state index is 11.8. The van der Waals surface area contributed by atoms with Gasteiger partial charge in [-0.15, -0.1) is 0 Å². The summed E-state index contributed by atoms with van der Waals surface area (Å²) in [5.41, 5.74) is 1.02. The SMILES string of the molecule is O=C(OCc1cccc(Br)c1)C1CCNCC1. The Balaban J connectivity index is 1.83. The molecule has 1 saturated heterocycles. The van der Waals surface area contributed by atoms with Crippen LogP contribution in [0.3, 0.4) is 0 Å². The van der Waals surface area contributed by atoms with E-state index in [9.17, 15) is 4.79 Å². The molecule has 1 aliphatic rings. The number of nitrogens with one attached hydrogen (secondary N) is 1. The first-order chi connectivity index (χ1) is 8.25. The van der Waals surface area contributed by atoms with Gasteiger partial charge in [0, 0.05) is 4.47 Å². The van der Waals surface area contributed by atoms with E-state index >= 15 is 0 Å². The zero-order valence-electron chi connectivity index (χ0n) is 9.62. The summed E-state index contributed by atoms with van der Waals surface area (Å²) < 4.78 is 6.34. The van der Waals surface area contributed by atoms with E-state index in [-0.39, 0.29) is 11.9 Å². The number of carbonyl (C=O) groups excluding carboxylic acids is 1. The van der Waals surface area contributed by atoms with Crippen molar-refractivity contribution in [2.75, 3.05) is 13.1 Å². The van der Waals surface area contributed by atoms with Crippen LogP contribution in [0.2, 0.25) is 0 Å². The molecule has 1 aromatic carbocycles. The van der Waals surface area contributed by atoms with Gasteiger partial charge in [-0.3, -0.25) is 4.79 Å². The van der Waals surface area contributed by atoms with Gasteiger partial charge in [0.2, 0.25) is 0 Å². The smallest absolute Gasteiger partial charge is 0.309 e. The highest BCUT2D eigenvalue weighted by Crippen LogP contribution is 2.16. The minimum atomic E-state index is -0.0634. The number of hydrogen-bond donors (Lipinski definition) is 1. The van der Waals surface area contributed by atoms with Crippen molar-refractivity contribution in [1.82, 2.24) is 5.32 Å².